The van der Waals surface area contributed by atoms with Crippen LogP contribution in [0.4, 0.5) is 0 Å². The first-order valence-electron chi connectivity index (χ1n) is 5.81. The van der Waals surface area contributed by atoms with Crippen molar-refractivity contribution in [2.24, 2.45) is 5.92 Å². The van der Waals surface area contributed by atoms with Crippen LogP contribution in [-0.4, -0.2) is 0 Å². The first-order valence-corrected chi connectivity index (χ1v) is 5.81. The minimum absolute atomic E-state index is 1.06. The van der Waals surface area contributed by atoms with Crippen LogP contribution in [0.2, 0.25) is 0 Å². The molecule has 0 nitrogen and oxygen atoms in total. The van der Waals surface area contributed by atoms with Gasteiger partial charge in [-0.2, -0.15) is 0 Å². The first kappa shape index (κ1) is 18.5. The van der Waals surface area contributed by atoms with Crippen LogP contribution in [0.25, 0.3) is 0 Å². The predicted molar refractivity (Wildman–Crippen MR) is 66.2 cm³/mol. The third kappa shape index (κ3) is 24.5. The SMILES string of the molecule is C=C.CC.CC1CCC1.CCCC. The molecule has 0 aromatic carbocycles. The maximum Gasteiger partial charge on any atom is -0.0443 e. The van der Waals surface area contributed by atoms with Crippen LogP contribution in [0.15, 0.2) is 13.2 Å². The second-order valence-corrected chi connectivity index (χ2v) is 3.04. The van der Waals surface area contributed by atoms with Gasteiger partial charge in [0, 0.05) is 0 Å². The van der Waals surface area contributed by atoms with Gasteiger partial charge in [-0.25, -0.2) is 0 Å². The summed E-state index contributed by atoms with van der Waals surface area (Å²) in [6, 6.07) is 0. The lowest BCUT2D eigenvalue weighted by Crippen LogP contribution is -2.04. The Kier molecular flexibility index (Phi) is 32.2. The highest BCUT2D eigenvalue weighted by molar-refractivity contribution is 4.62. The molecule has 0 N–H and O–H groups in total. The predicted octanol–water partition coefficient (Wildman–Crippen LogP) is 5.44. The molecule has 0 heteroatoms. The molecular weight excluding hydrogens is 156 g/mol. The van der Waals surface area contributed by atoms with Gasteiger partial charge in [0.2, 0.25) is 0 Å². The molecule has 0 heterocycles. The molecule has 0 aliphatic heterocycles. The monoisotopic (exact) mass is 186 g/mol. The zero-order valence-corrected chi connectivity index (χ0v) is 10.5. The van der Waals surface area contributed by atoms with E-state index >= 15 is 0 Å². The molecule has 13 heavy (non-hydrogen) atoms. The van der Waals surface area contributed by atoms with Gasteiger partial charge in [-0.3, -0.25) is 0 Å². The zero-order chi connectivity index (χ0) is 11.1. The van der Waals surface area contributed by atoms with Gasteiger partial charge in [0.25, 0.3) is 0 Å². The van der Waals surface area contributed by atoms with Gasteiger partial charge in [-0.15, -0.1) is 13.2 Å². The second-order valence-electron chi connectivity index (χ2n) is 3.04. The van der Waals surface area contributed by atoms with Crippen molar-refractivity contribution in [3.05, 3.63) is 13.2 Å². The minimum atomic E-state index is 1.06. The Morgan fingerprint density at radius 3 is 1.23 bits per heavy atom. The molecule has 0 bridgehead atoms. The molecule has 0 spiro atoms. The van der Waals surface area contributed by atoms with Gasteiger partial charge in [0.1, 0.15) is 0 Å². The van der Waals surface area contributed by atoms with Crippen molar-refractivity contribution in [2.75, 3.05) is 0 Å². The summed E-state index contributed by atoms with van der Waals surface area (Å²) in [5.74, 6) is 1.06. The van der Waals surface area contributed by atoms with E-state index in [9.17, 15) is 0 Å². The van der Waals surface area contributed by atoms with Crippen LogP contribution >= 0.6 is 0 Å². The van der Waals surface area contributed by atoms with E-state index in [1.165, 1.54) is 32.1 Å². The molecule has 1 saturated carbocycles. The molecule has 0 amide bonds. The molecule has 1 aliphatic carbocycles. The number of hydrogen-bond donors (Lipinski definition) is 0. The fourth-order valence-corrected chi connectivity index (χ4v) is 0.612. The fourth-order valence-electron chi connectivity index (χ4n) is 0.612. The Labute approximate surface area is 86.4 Å². The highest BCUT2D eigenvalue weighted by Crippen LogP contribution is 2.24. The summed E-state index contributed by atoms with van der Waals surface area (Å²) in [5, 5.41) is 0. The standard InChI is InChI=1S/C5H10.C4H10.C2H6.C2H4/c1-5-3-2-4-5;1-3-4-2;2*1-2/h5H,2-4H2,1H3;3-4H2,1-2H3;1-2H3;1-2H2. The van der Waals surface area contributed by atoms with Crippen molar-refractivity contribution < 1.29 is 0 Å². The second kappa shape index (κ2) is 22.6. The molecular formula is C13H30. The van der Waals surface area contributed by atoms with E-state index in [4.69, 9.17) is 0 Å². The van der Waals surface area contributed by atoms with Gasteiger partial charge in [0.05, 0.1) is 0 Å². The van der Waals surface area contributed by atoms with Crippen LogP contribution in [-0.2, 0) is 0 Å². The third-order valence-corrected chi connectivity index (χ3v) is 1.89. The van der Waals surface area contributed by atoms with E-state index < -0.39 is 0 Å². The lowest BCUT2D eigenvalue weighted by molar-refractivity contribution is 0.346. The quantitative estimate of drug-likeness (QED) is 0.478. The molecule has 0 saturated heterocycles. The summed E-state index contributed by atoms with van der Waals surface area (Å²) in [4.78, 5) is 0. The topological polar surface area (TPSA) is 0 Å². The Balaban J connectivity index is -0.000000114. The molecule has 0 radical (unpaired) electrons. The van der Waals surface area contributed by atoms with E-state index in [0.717, 1.165) is 5.92 Å². The van der Waals surface area contributed by atoms with Crippen LogP contribution in [0, 0.1) is 5.92 Å². The zero-order valence-electron chi connectivity index (χ0n) is 10.5. The highest BCUT2D eigenvalue weighted by Gasteiger charge is 2.09. The van der Waals surface area contributed by atoms with Crippen molar-refractivity contribution in [3.8, 4) is 0 Å². The number of unbranched alkanes of at least 4 members (excludes halogenated alkanes) is 1. The summed E-state index contributed by atoms with van der Waals surface area (Å²) in [7, 11) is 0. The Morgan fingerprint density at radius 2 is 1.23 bits per heavy atom. The van der Waals surface area contributed by atoms with Crippen LogP contribution in [0.5, 0.6) is 0 Å². The molecule has 0 atom stereocenters. The molecule has 1 fully saturated rings. The van der Waals surface area contributed by atoms with Crippen LogP contribution in [0.1, 0.15) is 66.7 Å². The summed E-state index contributed by atoms with van der Waals surface area (Å²) in [6.45, 7) is 16.7. The van der Waals surface area contributed by atoms with E-state index in [-0.39, 0.29) is 0 Å². The van der Waals surface area contributed by atoms with E-state index in [0.29, 0.717) is 0 Å². The average Bonchev–Trinajstić information content (AvgIpc) is 2.21. The molecule has 1 rings (SSSR count). The molecule has 0 unspecified atom stereocenters. The molecule has 82 valence electrons. The summed E-state index contributed by atoms with van der Waals surface area (Å²) >= 11 is 0. The Bertz CT molecular complexity index is 51.1. The van der Waals surface area contributed by atoms with Crippen molar-refractivity contribution in [2.45, 2.75) is 66.7 Å². The van der Waals surface area contributed by atoms with Gasteiger partial charge in [-0.05, 0) is 5.92 Å². The highest BCUT2D eigenvalue weighted by atomic mass is 14.1. The van der Waals surface area contributed by atoms with Gasteiger partial charge in [0.15, 0.2) is 0 Å². The summed E-state index contributed by atoms with van der Waals surface area (Å²) in [6.07, 6.45) is 7.10. The molecule has 1 aliphatic rings. The van der Waals surface area contributed by atoms with Gasteiger partial charge < -0.3 is 0 Å². The third-order valence-electron chi connectivity index (χ3n) is 1.89. The van der Waals surface area contributed by atoms with Gasteiger partial charge in [-0.1, -0.05) is 66.7 Å². The smallest absolute Gasteiger partial charge is 0.0443 e. The molecule has 0 aromatic heterocycles. The van der Waals surface area contributed by atoms with Crippen molar-refractivity contribution >= 4 is 0 Å². The maximum absolute atomic E-state index is 3.00. The van der Waals surface area contributed by atoms with Crippen molar-refractivity contribution in [1.29, 1.82) is 0 Å². The average molecular weight is 186 g/mol. The van der Waals surface area contributed by atoms with E-state index in [1.807, 2.05) is 13.8 Å². The summed E-state index contributed by atoms with van der Waals surface area (Å²) in [5.41, 5.74) is 0. The van der Waals surface area contributed by atoms with Gasteiger partial charge >= 0.3 is 0 Å². The Hall–Kier alpha value is -0.260. The lowest BCUT2D eigenvalue weighted by Gasteiger charge is -2.18. The first-order chi connectivity index (χ1) is 6.31. The van der Waals surface area contributed by atoms with Crippen LogP contribution < -0.4 is 0 Å². The number of hydrogen-bond acceptors (Lipinski definition) is 0. The molecule has 0 aromatic rings. The maximum atomic E-state index is 3.00. The summed E-state index contributed by atoms with van der Waals surface area (Å²) < 4.78 is 0. The van der Waals surface area contributed by atoms with E-state index in [1.54, 1.807) is 0 Å². The lowest BCUT2D eigenvalue weighted by atomic mass is 9.88. The Morgan fingerprint density at radius 1 is 1.00 bits per heavy atom. The van der Waals surface area contributed by atoms with E-state index in [2.05, 4.69) is 33.9 Å². The normalized spacial score (nSPS) is 13.0. The number of rotatable bonds is 1. The minimum Gasteiger partial charge on any atom is -0.106 e. The largest absolute Gasteiger partial charge is 0.106 e. The van der Waals surface area contributed by atoms with Crippen molar-refractivity contribution in [3.63, 3.8) is 0 Å². The van der Waals surface area contributed by atoms with Crippen LogP contribution in [0.3, 0.4) is 0 Å². The van der Waals surface area contributed by atoms with Crippen molar-refractivity contribution in [1.82, 2.24) is 0 Å². The fraction of sp³-hybridized carbons (Fsp3) is 0.846.